The molecule has 0 atom stereocenters. The second kappa shape index (κ2) is 5.26. The van der Waals surface area contributed by atoms with Crippen LogP contribution in [0.25, 0.3) is 11.3 Å². The van der Waals surface area contributed by atoms with Crippen LogP contribution in [-0.4, -0.2) is 23.3 Å². The molecule has 1 aromatic heterocycles. The number of anilines is 2. The predicted octanol–water partition coefficient (Wildman–Crippen LogP) is 2.72. The van der Waals surface area contributed by atoms with Crippen LogP contribution in [0.5, 0.6) is 0 Å². The van der Waals surface area contributed by atoms with Crippen LogP contribution in [0.1, 0.15) is 19.3 Å². The van der Waals surface area contributed by atoms with Crippen molar-refractivity contribution < 1.29 is 0 Å². The topological polar surface area (TPSA) is 55.0 Å². The Kier molecular flexibility index (Phi) is 3.31. The average Bonchev–Trinajstić information content (AvgIpc) is 2.48. The number of nitrogen functional groups attached to an aromatic ring is 1. The summed E-state index contributed by atoms with van der Waals surface area (Å²) in [6, 6.07) is 11.8. The number of aromatic nitrogens is 2. The van der Waals surface area contributed by atoms with Crippen molar-refractivity contribution in [2.45, 2.75) is 19.3 Å². The number of benzene rings is 1. The molecular formula is C15H18N4. The van der Waals surface area contributed by atoms with Gasteiger partial charge in [-0.3, -0.25) is 0 Å². The number of hydrogen-bond donors (Lipinski definition) is 1. The van der Waals surface area contributed by atoms with E-state index in [1.807, 2.05) is 30.3 Å². The fraction of sp³-hybridized carbons (Fsp3) is 0.333. The summed E-state index contributed by atoms with van der Waals surface area (Å²) < 4.78 is 0. The van der Waals surface area contributed by atoms with E-state index in [-0.39, 0.29) is 0 Å². The number of rotatable bonds is 2. The largest absolute Gasteiger partial charge is 0.399 e. The van der Waals surface area contributed by atoms with Crippen molar-refractivity contribution in [2.24, 2.45) is 0 Å². The molecule has 3 rings (SSSR count). The normalized spacial score (nSPS) is 15.5. The van der Waals surface area contributed by atoms with E-state index < -0.39 is 0 Å². The third kappa shape index (κ3) is 2.67. The number of nitrogens with zero attached hydrogens (tertiary/aromatic N) is 3. The van der Waals surface area contributed by atoms with Crippen LogP contribution in [0, 0.1) is 0 Å². The lowest BCUT2D eigenvalue weighted by atomic mass is 10.1. The minimum atomic E-state index is 0.749. The quantitative estimate of drug-likeness (QED) is 0.837. The second-order valence-electron chi connectivity index (χ2n) is 4.95. The Morgan fingerprint density at radius 3 is 2.47 bits per heavy atom. The first kappa shape index (κ1) is 12.0. The van der Waals surface area contributed by atoms with Gasteiger partial charge in [-0.1, -0.05) is 12.1 Å². The molecule has 0 spiro atoms. The van der Waals surface area contributed by atoms with Crippen molar-refractivity contribution >= 4 is 11.5 Å². The molecule has 2 heterocycles. The van der Waals surface area contributed by atoms with Crippen molar-refractivity contribution in [2.75, 3.05) is 23.7 Å². The molecule has 2 N–H and O–H groups in total. The highest BCUT2D eigenvalue weighted by molar-refractivity contribution is 5.64. The summed E-state index contributed by atoms with van der Waals surface area (Å²) >= 11 is 0. The molecule has 2 aromatic rings. The van der Waals surface area contributed by atoms with Gasteiger partial charge in [-0.2, -0.15) is 0 Å². The molecule has 0 aliphatic carbocycles. The van der Waals surface area contributed by atoms with Crippen LogP contribution in [0.2, 0.25) is 0 Å². The number of piperidine rings is 1. The standard InChI is InChI=1S/C15H18N4/c16-13-6-4-5-12(11-13)14-7-8-15(18-17-14)19-9-2-1-3-10-19/h4-8,11H,1-3,9-10,16H2. The summed E-state index contributed by atoms with van der Waals surface area (Å²) in [6.07, 6.45) is 3.82. The maximum absolute atomic E-state index is 5.79. The average molecular weight is 254 g/mol. The lowest BCUT2D eigenvalue weighted by Gasteiger charge is -2.27. The number of nitrogens with two attached hydrogens (primary N) is 1. The zero-order chi connectivity index (χ0) is 13.1. The summed E-state index contributed by atoms with van der Waals surface area (Å²) in [5.41, 5.74) is 8.42. The Bertz CT molecular complexity index is 544. The van der Waals surface area contributed by atoms with Crippen LogP contribution in [0.3, 0.4) is 0 Å². The van der Waals surface area contributed by atoms with Gasteiger partial charge in [0, 0.05) is 24.3 Å². The predicted molar refractivity (Wildman–Crippen MR) is 77.9 cm³/mol. The van der Waals surface area contributed by atoms with Gasteiger partial charge in [0.1, 0.15) is 0 Å². The van der Waals surface area contributed by atoms with Crippen LogP contribution in [0.4, 0.5) is 11.5 Å². The van der Waals surface area contributed by atoms with E-state index in [0.717, 1.165) is 35.9 Å². The first-order valence-electron chi connectivity index (χ1n) is 6.77. The number of hydrogen-bond acceptors (Lipinski definition) is 4. The molecule has 0 bridgehead atoms. The zero-order valence-corrected chi connectivity index (χ0v) is 10.9. The van der Waals surface area contributed by atoms with E-state index in [4.69, 9.17) is 5.73 Å². The summed E-state index contributed by atoms with van der Waals surface area (Å²) in [4.78, 5) is 2.31. The molecule has 1 aliphatic rings. The zero-order valence-electron chi connectivity index (χ0n) is 10.9. The van der Waals surface area contributed by atoms with Crippen LogP contribution < -0.4 is 10.6 Å². The van der Waals surface area contributed by atoms with E-state index in [1.165, 1.54) is 19.3 Å². The summed E-state index contributed by atoms with van der Waals surface area (Å²) in [5.74, 6) is 0.979. The van der Waals surface area contributed by atoms with Crippen LogP contribution in [-0.2, 0) is 0 Å². The molecule has 1 aromatic carbocycles. The third-order valence-corrected chi connectivity index (χ3v) is 3.51. The minimum absolute atomic E-state index is 0.749. The highest BCUT2D eigenvalue weighted by atomic mass is 15.3. The lowest BCUT2D eigenvalue weighted by Crippen LogP contribution is -2.30. The van der Waals surface area contributed by atoms with Crippen LogP contribution >= 0.6 is 0 Å². The molecule has 1 saturated heterocycles. The molecule has 0 radical (unpaired) electrons. The van der Waals surface area contributed by atoms with E-state index in [9.17, 15) is 0 Å². The van der Waals surface area contributed by atoms with E-state index in [1.54, 1.807) is 0 Å². The molecule has 1 fully saturated rings. The van der Waals surface area contributed by atoms with Gasteiger partial charge in [0.15, 0.2) is 5.82 Å². The molecule has 98 valence electrons. The Morgan fingerprint density at radius 1 is 0.947 bits per heavy atom. The van der Waals surface area contributed by atoms with Gasteiger partial charge in [-0.05, 0) is 43.5 Å². The van der Waals surface area contributed by atoms with E-state index in [0.29, 0.717) is 0 Å². The molecule has 1 aliphatic heterocycles. The summed E-state index contributed by atoms with van der Waals surface area (Å²) in [5, 5.41) is 8.66. The van der Waals surface area contributed by atoms with Gasteiger partial charge in [0.25, 0.3) is 0 Å². The van der Waals surface area contributed by atoms with Gasteiger partial charge in [-0.15, -0.1) is 10.2 Å². The highest BCUT2D eigenvalue weighted by Crippen LogP contribution is 2.22. The Balaban J connectivity index is 1.82. The first-order chi connectivity index (χ1) is 9.33. The first-order valence-corrected chi connectivity index (χ1v) is 6.77. The van der Waals surface area contributed by atoms with Crippen molar-refractivity contribution in [3.8, 4) is 11.3 Å². The van der Waals surface area contributed by atoms with E-state index >= 15 is 0 Å². The molecule has 0 unspecified atom stereocenters. The van der Waals surface area contributed by atoms with Gasteiger partial charge < -0.3 is 10.6 Å². The molecule has 4 nitrogen and oxygen atoms in total. The van der Waals surface area contributed by atoms with Crippen molar-refractivity contribution in [1.82, 2.24) is 10.2 Å². The molecular weight excluding hydrogens is 236 g/mol. The van der Waals surface area contributed by atoms with E-state index in [2.05, 4.69) is 21.2 Å². The van der Waals surface area contributed by atoms with Gasteiger partial charge in [0.05, 0.1) is 5.69 Å². The van der Waals surface area contributed by atoms with Gasteiger partial charge in [-0.25, -0.2) is 0 Å². The molecule has 4 heteroatoms. The van der Waals surface area contributed by atoms with Crippen molar-refractivity contribution in [1.29, 1.82) is 0 Å². The van der Waals surface area contributed by atoms with Crippen molar-refractivity contribution in [3.05, 3.63) is 36.4 Å². The molecule has 0 saturated carbocycles. The fourth-order valence-corrected chi connectivity index (χ4v) is 2.47. The van der Waals surface area contributed by atoms with Crippen molar-refractivity contribution in [3.63, 3.8) is 0 Å². The smallest absolute Gasteiger partial charge is 0.151 e. The fourth-order valence-electron chi connectivity index (χ4n) is 2.47. The molecule has 19 heavy (non-hydrogen) atoms. The maximum atomic E-state index is 5.79. The Hall–Kier alpha value is -2.10. The highest BCUT2D eigenvalue weighted by Gasteiger charge is 2.12. The summed E-state index contributed by atoms with van der Waals surface area (Å²) in [6.45, 7) is 2.18. The molecule has 0 amide bonds. The minimum Gasteiger partial charge on any atom is -0.399 e. The van der Waals surface area contributed by atoms with Gasteiger partial charge >= 0.3 is 0 Å². The van der Waals surface area contributed by atoms with Crippen LogP contribution in [0.15, 0.2) is 36.4 Å². The Labute approximate surface area is 113 Å². The third-order valence-electron chi connectivity index (χ3n) is 3.51. The second-order valence-corrected chi connectivity index (χ2v) is 4.95. The lowest BCUT2D eigenvalue weighted by molar-refractivity contribution is 0.571. The maximum Gasteiger partial charge on any atom is 0.151 e. The summed E-state index contributed by atoms with van der Waals surface area (Å²) in [7, 11) is 0. The van der Waals surface area contributed by atoms with Gasteiger partial charge in [0.2, 0.25) is 0 Å². The SMILES string of the molecule is Nc1cccc(-c2ccc(N3CCCCC3)nn2)c1. The monoisotopic (exact) mass is 254 g/mol. The Morgan fingerprint density at radius 2 is 1.79 bits per heavy atom.